The van der Waals surface area contributed by atoms with Gasteiger partial charge >= 0.3 is 0 Å². The van der Waals surface area contributed by atoms with E-state index in [1.165, 1.54) is 6.92 Å². The molecule has 1 aromatic carbocycles. The molecule has 0 aliphatic carbocycles. The molecule has 14 heavy (non-hydrogen) atoms. The van der Waals surface area contributed by atoms with Crippen LogP contribution in [0.4, 0.5) is 0 Å². The van der Waals surface area contributed by atoms with Crippen LogP contribution in [0, 0.1) is 0 Å². The number of hydrogen-bond acceptors (Lipinski definition) is 2. The highest BCUT2D eigenvalue weighted by Gasteiger charge is 2.16. The smallest absolute Gasteiger partial charge is 0.219 e. The van der Waals surface area contributed by atoms with E-state index in [-0.39, 0.29) is 17.7 Å². The number of carbonyl (C=O) groups excluding carboxylic acids is 1. The van der Waals surface area contributed by atoms with Gasteiger partial charge in [-0.05, 0) is 13.0 Å². The van der Waals surface area contributed by atoms with Crippen LogP contribution < -0.4 is 0 Å². The molecule has 0 fully saturated rings. The quantitative estimate of drug-likeness (QED) is 0.779. The molecule has 0 heterocycles. The van der Waals surface area contributed by atoms with Crippen LogP contribution >= 0.6 is 0 Å². The Kier molecular flexibility index (Phi) is 3.12. The first-order valence-electron chi connectivity index (χ1n) is 4.55. The van der Waals surface area contributed by atoms with Crippen LogP contribution in [0.1, 0.15) is 25.5 Å². The minimum atomic E-state index is -0.103. The number of phenols is 1. The summed E-state index contributed by atoms with van der Waals surface area (Å²) in [5.74, 6) is 0.217. The average molecular weight is 193 g/mol. The number of para-hydroxylation sites is 1. The molecule has 0 aliphatic heterocycles. The van der Waals surface area contributed by atoms with E-state index in [0.29, 0.717) is 0 Å². The summed E-state index contributed by atoms with van der Waals surface area (Å²) in [5.41, 5.74) is 0.769. The second-order valence-corrected chi connectivity index (χ2v) is 3.36. The SMILES string of the molecule is CC(=O)N(C)C(C)c1ccccc1O. The Bertz CT molecular complexity index is 336. The predicted molar refractivity (Wildman–Crippen MR) is 55.0 cm³/mol. The molecule has 1 atom stereocenters. The van der Waals surface area contributed by atoms with Gasteiger partial charge in [0.25, 0.3) is 0 Å². The third-order valence-corrected chi connectivity index (χ3v) is 2.46. The maximum atomic E-state index is 11.1. The maximum absolute atomic E-state index is 11.1. The zero-order chi connectivity index (χ0) is 10.7. The number of hydrogen-bond donors (Lipinski definition) is 1. The van der Waals surface area contributed by atoms with Gasteiger partial charge in [-0.2, -0.15) is 0 Å². The highest BCUT2D eigenvalue weighted by molar-refractivity contribution is 5.73. The summed E-state index contributed by atoms with van der Waals surface area (Å²) in [5, 5.41) is 9.57. The van der Waals surface area contributed by atoms with Crippen molar-refractivity contribution in [3.8, 4) is 5.75 Å². The van der Waals surface area contributed by atoms with Crippen molar-refractivity contribution < 1.29 is 9.90 Å². The van der Waals surface area contributed by atoms with E-state index < -0.39 is 0 Å². The molecule has 3 heteroatoms. The van der Waals surface area contributed by atoms with E-state index in [2.05, 4.69) is 0 Å². The van der Waals surface area contributed by atoms with Gasteiger partial charge in [-0.1, -0.05) is 18.2 Å². The van der Waals surface area contributed by atoms with E-state index in [9.17, 15) is 9.90 Å². The lowest BCUT2D eigenvalue weighted by molar-refractivity contribution is -0.129. The molecule has 1 N–H and O–H groups in total. The van der Waals surface area contributed by atoms with E-state index in [1.807, 2.05) is 19.1 Å². The number of phenolic OH excluding ortho intramolecular Hbond substituents is 1. The van der Waals surface area contributed by atoms with Crippen molar-refractivity contribution >= 4 is 5.91 Å². The Morgan fingerprint density at radius 2 is 2.00 bits per heavy atom. The van der Waals surface area contributed by atoms with Gasteiger partial charge in [0.2, 0.25) is 5.91 Å². The minimum absolute atomic E-state index is 0.0132. The third kappa shape index (κ3) is 2.05. The van der Waals surface area contributed by atoms with Gasteiger partial charge < -0.3 is 10.0 Å². The van der Waals surface area contributed by atoms with Gasteiger partial charge in [0.15, 0.2) is 0 Å². The fourth-order valence-corrected chi connectivity index (χ4v) is 1.32. The minimum Gasteiger partial charge on any atom is -0.508 e. The number of aromatic hydroxyl groups is 1. The van der Waals surface area contributed by atoms with Crippen LogP contribution in [0.5, 0.6) is 5.75 Å². The zero-order valence-corrected chi connectivity index (χ0v) is 8.69. The van der Waals surface area contributed by atoms with Crippen molar-refractivity contribution in [1.82, 2.24) is 4.90 Å². The van der Waals surface area contributed by atoms with Gasteiger partial charge in [-0.15, -0.1) is 0 Å². The molecule has 0 aliphatic rings. The van der Waals surface area contributed by atoms with E-state index in [0.717, 1.165) is 5.56 Å². The summed E-state index contributed by atoms with van der Waals surface area (Å²) >= 11 is 0. The zero-order valence-electron chi connectivity index (χ0n) is 8.69. The maximum Gasteiger partial charge on any atom is 0.219 e. The fourth-order valence-electron chi connectivity index (χ4n) is 1.32. The molecule has 0 bridgehead atoms. The van der Waals surface area contributed by atoms with Crippen molar-refractivity contribution in [3.05, 3.63) is 29.8 Å². The molecule has 1 amide bonds. The first-order valence-corrected chi connectivity index (χ1v) is 4.55. The van der Waals surface area contributed by atoms with Crippen molar-refractivity contribution in [2.24, 2.45) is 0 Å². The molecule has 0 saturated heterocycles. The van der Waals surface area contributed by atoms with Gasteiger partial charge in [-0.25, -0.2) is 0 Å². The predicted octanol–water partition coefficient (Wildman–Crippen LogP) is 1.93. The summed E-state index contributed by atoms with van der Waals surface area (Å²) in [4.78, 5) is 12.7. The first kappa shape index (κ1) is 10.6. The fraction of sp³-hybridized carbons (Fsp3) is 0.364. The topological polar surface area (TPSA) is 40.5 Å². The van der Waals surface area contributed by atoms with Crippen molar-refractivity contribution in [2.45, 2.75) is 19.9 Å². The number of nitrogens with zero attached hydrogens (tertiary/aromatic N) is 1. The number of benzene rings is 1. The van der Waals surface area contributed by atoms with Gasteiger partial charge in [-0.3, -0.25) is 4.79 Å². The summed E-state index contributed by atoms with van der Waals surface area (Å²) in [6.45, 7) is 3.40. The van der Waals surface area contributed by atoms with Crippen molar-refractivity contribution in [3.63, 3.8) is 0 Å². The lowest BCUT2D eigenvalue weighted by Gasteiger charge is -2.24. The van der Waals surface area contributed by atoms with Gasteiger partial charge in [0, 0.05) is 19.5 Å². The highest BCUT2D eigenvalue weighted by Crippen LogP contribution is 2.26. The summed E-state index contributed by atoms with van der Waals surface area (Å²) in [7, 11) is 1.72. The molecule has 76 valence electrons. The Morgan fingerprint density at radius 3 is 2.50 bits per heavy atom. The summed E-state index contributed by atoms with van der Waals surface area (Å²) in [6.07, 6.45) is 0. The molecule has 0 saturated carbocycles. The lowest BCUT2D eigenvalue weighted by Crippen LogP contribution is -2.27. The Labute approximate surface area is 84.0 Å². The van der Waals surface area contributed by atoms with Gasteiger partial charge in [0.1, 0.15) is 5.75 Å². The van der Waals surface area contributed by atoms with Crippen molar-refractivity contribution in [1.29, 1.82) is 0 Å². The number of carbonyl (C=O) groups is 1. The Morgan fingerprint density at radius 1 is 1.43 bits per heavy atom. The van der Waals surface area contributed by atoms with Crippen LogP contribution in [0.25, 0.3) is 0 Å². The van der Waals surface area contributed by atoms with Crippen LogP contribution in [-0.4, -0.2) is 23.0 Å². The summed E-state index contributed by atoms with van der Waals surface area (Å²) < 4.78 is 0. The second kappa shape index (κ2) is 4.13. The number of rotatable bonds is 2. The molecule has 1 unspecified atom stereocenters. The molecule has 3 nitrogen and oxygen atoms in total. The molecular weight excluding hydrogens is 178 g/mol. The normalized spacial score (nSPS) is 12.2. The summed E-state index contributed by atoms with van der Waals surface area (Å²) in [6, 6.07) is 6.95. The molecule has 0 aromatic heterocycles. The number of amides is 1. The standard InChI is InChI=1S/C11H15NO2/c1-8(12(3)9(2)13)10-6-4-5-7-11(10)14/h4-8,14H,1-3H3. The highest BCUT2D eigenvalue weighted by atomic mass is 16.3. The average Bonchev–Trinajstić information content (AvgIpc) is 2.16. The van der Waals surface area contributed by atoms with Crippen LogP contribution in [0.2, 0.25) is 0 Å². The molecule has 1 aromatic rings. The van der Waals surface area contributed by atoms with E-state index >= 15 is 0 Å². The largest absolute Gasteiger partial charge is 0.508 e. The van der Waals surface area contributed by atoms with Crippen LogP contribution in [-0.2, 0) is 4.79 Å². The van der Waals surface area contributed by atoms with E-state index in [4.69, 9.17) is 0 Å². The monoisotopic (exact) mass is 193 g/mol. The van der Waals surface area contributed by atoms with Crippen LogP contribution in [0.3, 0.4) is 0 Å². The lowest BCUT2D eigenvalue weighted by atomic mass is 10.1. The first-order chi connectivity index (χ1) is 6.54. The van der Waals surface area contributed by atoms with Crippen LogP contribution in [0.15, 0.2) is 24.3 Å². The third-order valence-electron chi connectivity index (χ3n) is 2.46. The van der Waals surface area contributed by atoms with Gasteiger partial charge in [0.05, 0.1) is 6.04 Å². The molecule has 0 radical (unpaired) electrons. The Hall–Kier alpha value is -1.51. The molecule has 1 rings (SSSR count). The second-order valence-electron chi connectivity index (χ2n) is 3.36. The van der Waals surface area contributed by atoms with Crippen molar-refractivity contribution in [2.75, 3.05) is 7.05 Å². The Balaban J connectivity index is 2.94. The molecular formula is C11H15NO2. The molecule has 0 spiro atoms. The van der Waals surface area contributed by atoms with E-state index in [1.54, 1.807) is 24.1 Å².